The maximum absolute atomic E-state index is 8.42. The van der Waals surface area contributed by atoms with Crippen LogP contribution in [-0.4, -0.2) is 19.0 Å². The highest BCUT2D eigenvalue weighted by Gasteiger charge is 1.92. The molecule has 1 rings (SSSR count). The maximum Gasteiger partial charge on any atom is 0.504 e. The highest BCUT2D eigenvalue weighted by molar-refractivity contribution is 7.98. The Morgan fingerprint density at radius 1 is 1.36 bits per heavy atom. The van der Waals surface area contributed by atoms with Gasteiger partial charge in [-0.1, -0.05) is 0 Å². The number of thioether (sulfide) groups is 1. The van der Waals surface area contributed by atoms with Crippen molar-refractivity contribution in [3.05, 3.63) is 24.3 Å². The molecule has 4 heteroatoms. The highest BCUT2D eigenvalue weighted by Crippen LogP contribution is 2.18. The summed E-state index contributed by atoms with van der Waals surface area (Å²) in [6.07, 6.45) is 2.02. The third-order valence-corrected chi connectivity index (χ3v) is 2.03. The van der Waals surface area contributed by atoms with Crippen LogP contribution in [0.3, 0.4) is 0 Å². The summed E-state index contributed by atoms with van der Waals surface area (Å²) in [4.78, 5) is 1.19. The molecule has 0 spiro atoms. The molecule has 0 saturated carbocycles. The van der Waals surface area contributed by atoms with Crippen molar-refractivity contribution in [3.8, 4) is 5.75 Å². The SMILES string of the molecule is CSc1ccc(OBO)cc1. The zero-order valence-corrected chi connectivity index (χ0v) is 7.10. The molecule has 1 N–H and O–H groups in total. The van der Waals surface area contributed by atoms with Gasteiger partial charge < -0.3 is 9.68 Å². The summed E-state index contributed by atoms with van der Waals surface area (Å²) >= 11 is 1.68. The third kappa shape index (κ3) is 2.48. The summed E-state index contributed by atoms with van der Waals surface area (Å²) in [5.74, 6) is 0.699. The zero-order valence-electron chi connectivity index (χ0n) is 6.28. The van der Waals surface area contributed by atoms with Gasteiger partial charge in [-0.3, -0.25) is 0 Å². The first kappa shape index (κ1) is 8.49. The molecule has 0 bridgehead atoms. The van der Waals surface area contributed by atoms with Gasteiger partial charge in [-0.25, -0.2) is 0 Å². The molecule has 0 fully saturated rings. The molecule has 1 aromatic rings. The molecule has 0 aromatic heterocycles. The van der Waals surface area contributed by atoms with Gasteiger partial charge in [0.1, 0.15) is 5.75 Å². The van der Waals surface area contributed by atoms with Gasteiger partial charge in [0.05, 0.1) is 0 Å². The molecule has 0 atom stereocenters. The number of hydrogen-bond acceptors (Lipinski definition) is 3. The predicted octanol–water partition coefficient (Wildman–Crippen LogP) is 1.05. The molecule has 1 aromatic carbocycles. The van der Waals surface area contributed by atoms with Crippen molar-refractivity contribution in [1.82, 2.24) is 0 Å². The fourth-order valence-electron chi connectivity index (χ4n) is 0.746. The summed E-state index contributed by atoms with van der Waals surface area (Å²) in [6, 6.07) is 7.58. The van der Waals surface area contributed by atoms with Crippen molar-refractivity contribution in [2.24, 2.45) is 0 Å². The second kappa shape index (κ2) is 4.31. The minimum absolute atomic E-state index is 0.265. The van der Waals surface area contributed by atoms with Gasteiger partial charge in [-0.2, -0.15) is 0 Å². The van der Waals surface area contributed by atoms with Gasteiger partial charge in [-0.05, 0) is 30.5 Å². The van der Waals surface area contributed by atoms with E-state index in [0.29, 0.717) is 5.75 Å². The monoisotopic (exact) mass is 168 g/mol. The lowest BCUT2D eigenvalue weighted by atomic mass is 10.3. The average Bonchev–Trinajstić information content (AvgIpc) is 2.07. The first-order chi connectivity index (χ1) is 5.36. The van der Waals surface area contributed by atoms with Crippen LogP contribution in [0.1, 0.15) is 0 Å². The lowest BCUT2D eigenvalue weighted by molar-refractivity contribution is 0.453. The van der Waals surface area contributed by atoms with E-state index in [2.05, 4.69) is 0 Å². The lowest BCUT2D eigenvalue weighted by Crippen LogP contribution is -1.98. The standard InChI is InChI=1S/C7H9BO2S/c1-11-7-4-2-6(3-5-7)10-8-9/h2-5,8-9H,1H3. The summed E-state index contributed by atoms with van der Waals surface area (Å²) < 4.78 is 4.85. The summed E-state index contributed by atoms with van der Waals surface area (Å²) in [5.41, 5.74) is 0. The molecule has 0 unspecified atom stereocenters. The molecule has 0 aliphatic heterocycles. The van der Waals surface area contributed by atoms with E-state index in [1.807, 2.05) is 30.5 Å². The lowest BCUT2D eigenvalue weighted by Gasteiger charge is -2.01. The van der Waals surface area contributed by atoms with Crippen molar-refractivity contribution in [2.75, 3.05) is 6.26 Å². The third-order valence-electron chi connectivity index (χ3n) is 1.29. The Kier molecular flexibility index (Phi) is 3.33. The molecule has 0 radical (unpaired) electrons. The summed E-state index contributed by atoms with van der Waals surface area (Å²) in [5, 5.41) is 8.42. The van der Waals surface area contributed by atoms with Crippen LogP contribution >= 0.6 is 11.8 Å². The van der Waals surface area contributed by atoms with Gasteiger partial charge in [0.25, 0.3) is 0 Å². The van der Waals surface area contributed by atoms with E-state index in [9.17, 15) is 0 Å². The van der Waals surface area contributed by atoms with E-state index in [-0.39, 0.29) is 7.69 Å². The highest BCUT2D eigenvalue weighted by atomic mass is 32.2. The van der Waals surface area contributed by atoms with Crippen molar-refractivity contribution in [2.45, 2.75) is 4.90 Å². The maximum atomic E-state index is 8.42. The molecule has 2 nitrogen and oxygen atoms in total. The molecule has 0 amide bonds. The minimum Gasteiger partial charge on any atom is -0.539 e. The molecule has 0 aliphatic carbocycles. The van der Waals surface area contributed by atoms with E-state index >= 15 is 0 Å². The normalized spacial score (nSPS) is 9.27. The van der Waals surface area contributed by atoms with Crippen LogP contribution in [0.25, 0.3) is 0 Å². The van der Waals surface area contributed by atoms with Crippen LogP contribution in [0.15, 0.2) is 29.2 Å². The molecular weight excluding hydrogens is 159 g/mol. The van der Waals surface area contributed by atoms with Crippen molar-refractivity contribution in [3.63, 3.8) is 0 Å². The summed E-state index contributed by atoms with van der Waals surface area (Å²) in [6.45, 7) is 0. The van der Waals surface area contributed by atoms with Crippen LogP contribution < -0.4 is 4.65 Å². The average molecular weight is 168 g/mol. The Bertz CT molecular complexity index is 212. The Balaban J connectivity index is 2.66. The van der Waals surface area contributed by atoms with Crippen molar-refractivity contribution in [1.29, 1.82) is 0 Å². The predicted molar refractivity (Wildman–Crippen MR) is 48.2 cm³/mol. The molecule has 0 saturated heterocycles. The van der Waals surface area contributed by atoms with Crippen LogP contribution in [-0.2, 0) is 0 Å². The van der Waals surface area contributed by atoms with Gasteiger partial charge in [0.2, 0.25) is 0 Å². The van der Waals surface area contributed by atoms with E-state index in [0.717, 1.165) is 0 Å². The van der Waals surface area contributed by atoms with E-state index in [1.165, 1.54) is 4.90 Å². The first-order valence-electron chi connectivity index (χ1n) is 3.24. The van der Waals surface area contributed by atoms with E-state index in [4.69, 9.17) is 9.68 Å². The van der Waals surface area contributed by atoms with Crippen LogP contribution in [0.5, 0.6) is 5.75 Å². The second-order valence-electron chi connectivity index (χ2n) is 1.95. The Morgan fingerprint density at radius 2 is 2.00 bits per heavy atom. The number of benzene rings is 1. The summed E-state index contributed by atoms with van der Waals surface area (Å²) in [7, 11) is -0.265. The Morgan fingerprint density at radius 3 is 2.45 bits per heavy atom. The van der Waals surface area contributed by atoms with Gasteiger partial charge in [-0.15, -0.1) is 11.8 Å². The largest absolute Gasteiger partial charge is 0.539 e. The van der Waals surface area contributed by atoms with Crippen molar-refractivity contribution < 1.29 is 9.68 Å². The smallest absolute Gasteiger partial charge is 0.504 e. The minimum atomic E-state index is -0.265. The fraction of sp³-hybridized carbons (Fsp3) is 0.143. The molecule has 0 heterocycles. The van der Waals surface area contributed by atoms with Crippen LogP contribution in [0.4, 0.5) is 0 Å². The molecule has 11 heavy (non-hydrogen) atoms. The van der Waals surface area contributed by atoms with E-state index in [1.54, 1.807) is 11.8 Å². The topological polar surface area (TPSA) is 29.5 Å². The van der Waals surface area contributed by atoms with E-state index < -0.39 is 0 Å². The Hall–Kier alpha value is -0.605. The van der Waals surface area contributed by atoms with Gasteiger partial charge in [0, 0.05) is 4.90 Å². The van der Waals surface area contributed by atoms with Crippen LogP contribution in [0, 0.1) is 0 Å². The Labute approximate surface area is 70.9 Å². The number of hydrogen-bond donors (Lipinski definition) is 1. The van der Waals surface area contributed by atoms with Crippen molar-refractivity contribution >= 4 is 19.4 Å². The van der Waals surface area contributed by atoms with Gasteiger partial charge >= 0.3 is 7.69 Å². The quantitative estimate of drug-likeness (QED) is 0.540. The first-order valence-corrected chi connectivity index (χ1v) is 4.47. The zero-order chi connectivity index (χ0) is 8.10. The second-order valence-corrected chi connectivity index (χ2v) is 2.83. The molecule has 58 valence electrons. The van der Waals surface area contributed by atoms with Crippen LogP contribution in [0.2, 0.25) is 0 Å². The fourth-order valence-corrected chi connectivity index (χ4v) is 1.15. The molecule has 0 aliphatic rings. The number of rotatable bonds is 3. The molecular formula is C7H9BO2S. The van der Waals surface area contributed by atoms with Gasteiger partial charge in [0.15, 0.2) is 0 Å².